The molecule has 0 saturated heterocycles. The van der Waals surface area contributed by atoms with Crippen molar-refractivity contribution in [3.05, 3.63) is 78.4 Å². The maximum Gasteiger partial charge on any atom is 0.170 e. The zero-order valence-electron chi connectivity index (χ0n) is 13.3. The summed E-state index contributed by atoms with van der Waals surface area (Å²) in [6, 6.07) is 15.3. The molecule has 0 saturated carbocycles. The first-order valence-electron chi connectivity index (χ1n) is 7.75. The summed E-state index contributed by atoms with van der Waals surface area (Å²) < 4.78 is 3.76. The number of pyridine rings is 2. The Kier molecular flexibility index (Phi) is 3.46. The molecule has 4 rings (SSSR count). The van der Waals surface area contributed by atoms with E-state index in [1.807, 2.05) is 72.4 Å². The molecule has 0 spiro atoms. The minimum atomic E-state index is 0.0552. The molecule has 5 nitrogen and oxygen atoms in total. The van der Waals surface area contributed by atoms with Gasteiger partial charge in [-0.25, -0.2) is 0 Å². The molecule has 0 aliphatic rings. The standard InChI is InChI=1S/C19H16N4O/c1-22-11-8-16(21-22)18-13-15(17-7-3-5-10-23(17)18)19(24)12-14-6-2-4-9-20-14/h2-11,13H,12H2,1H3. The predicted molar refractivity (Wildman–Crippen MR) is 91.9 cm³/mol. The molecule has 0 N–H and O–H groups in total. The van der Waals surface area contributed by atoms with Crippen molar-refractivity contribution >= 4 is 11.3 Å². The van der Waals surface area contributed by atoms with Crippen LogP contribution in [-0.2, 0) is 13.5 Å². The first-order chi connectivity index (χ1) is 11.7. The average Bonchev–Trinajstić information content (AvgIpc) is 3.19. The summed E-state index contributed by atoms with van der Waals surface area (Å²) in [7, 11) is 1.88. The van der Waals surface area contributed by atoms with Crippen molar-refractivity contribution in [2.75, 3.05) is 0 Å². The summed E-state index contributed by atoms with van der Waals surface area (Å²) >= 11 is 0. The molecule has 5 heteroatoms. The fraction of sp³-hybridized carbons (Fsp3) is 0.105. The summed E-state index contributed by atoms with van der Waals surface area (Å²) in [6.07, 6.45) is 5.85. The largest absolute Gasteiger partial charge is 0.314 e. The van der Waals surface area contributed by atoms with E-state index in [0.717, 1.165) is 22.6 Å². The summed E-state index contributed by atoms with van der Waals surface area (Å²) in [5.74, 6) is 0.0552. The molecule has 0 aliphatic heterocycles. The van der Waals surface area contributed by atoms with Crippen LogP contribution in [0.3, 0.4) is 0 Å². The Labute approximate surface area is 139 Å². The highest BCUT2D eigenvalue weighted by Crippen LogP contribution is 2.26. The minimum Gasteiger partial charge on any atom is -0.314 e. The Balaban J connectivity index is 1.80. The number of carbonyl (C=O) groups excluding carboxylic acids is 1. The predicted octanol–water partition coefficient (Wildman–Crippen LogP) is 3.16. The normalized spacial score (nSPS) is 11.0. The lowest BCUT2D eigenvalue weighted by Gasteiger charge is -2.01. The number of aromatic nitrogens is 4. The van der Waals surface area contributed by atoms with Gasteiger partial charge in [-0.15, -0.1) is 0 Å². The third-order valence-corrected chi connectivity index (χ3v) is 4.02. The zero-order valence-corrected chi connectivity index (χ0v) is 13.3. The van der Waals surface area contributed by atoms with E-state index >= 15 is 0 Å². The summed E-state index contributed by atoms with van der Waals surface area (Å²) in [4.78, 5) is 17.0. The highest BCUT2D eigenvalue weighted by atomic mass is 16.1. The molecule has 0 fully saturated rings. The lowest BCUT2D eigenvalue weighted by molar-refractivity contribution is 0.0993. The van der Waals surface area contributed by atoms with Crippen molar-refractivity contribution in [1.82, 2.24) is 19.2 Å². The number of carbonyl (C=O) groups is 1. The zero-order chi connectivity index (χ0) is 16.5. The molecule has 118 valence electrons. The molecule has 0 unspecified atom stereocenters. The third kappa shape index (κ3) is 2.50. The lowest BCUT2D eigenvalue weighted by atomic mass is 10.1. The van der Waals surface area contributed by atoms with E-state index in [0.29, 0.717) is 5.56 Å². The van der Waals surface area contributed by atoms with Crippen LogP contribution in [0, 0.1) is 0 Å². The van der Waals surface area contributed by atoms with Crippen LogP contribution in [0.1, 0.15) is 16.1 Å². The second-order valence-electron chi connectivity index (χ2n) is 5.69. The van der Waals surface area contributed by atoms with Crippen molar-refractivity contribution in [2.45, 2.75) is 6.42 Å². The van der Waals surface area contributed by atoms with Gasteiger partial charge in [0.05, 0.1) is 17.6 Å². The minimum absolute atomic E-state index is 0.0552. The van der Waals surface area contributed by atoms with Crippen molar-refractivity contribution in [3.63, 3.8) is 0 Å². The smallest absolute Gasteiger partial charge is 0.170 e. The maximum absolute atomic E-state index is 12.8. The van der Waals surface area contributed by atoms with Crippen LogP contribution < -0.4 is 0 Å². The molecular formula is C19H16N4O. The molecule has 0 radical (unpaired) electrons. The van der Waals surface area contributed by atoms with E-state index in [1.165, 1.54) is 0 Å². The van der Waals surface area contributed by atoms with E-state index in [-0.39, 0.29) is 12.2 Å². The van der Waals surface area contributed by atoms with Gasteiger partial charge in [0.25, 0.3) is 0 Å². The van der Waals surface area contributed by atoms with Crippen molar-refractivity contribution < 1.29 is 4.79 Å². The van der Waals surface area contributed by atoms with Gasteiger partial charge in [0, 0.05) is 36.9 Å². The fourth-order valence-corrected chi connectivity index (χ4v) is 2.89. The SMILES string of the molecule is Cn1ccc(-c2cc(C(=O)Cc3ccccn3)c3ccccn23)n1. The van der Waals surface area contributed by atoms with Gasteiger partial charge in [-0.3, -0.25) is 14.5 Å². The number of ketones is 1. The number of Topliss-reactive ketones (excluding diaryl/α,β-unsaturated/α-hetero) is 1. The molecule has 4 aromatic rings. The van der Waals surface area contributed by atoms with Crippen LogP contribution in [0.2, 0.25) is 0 Å². The average molecular weight is 316 g/mol. The molecule has 0 bridgehead atoms. The van der Waals surface area contributed by atoms with Crippen LogP contribution in [0.25, 0.3) is 16.9 Å². The summed E-state index contributed by atoms with van der Waals surface area (Å²) in [5, 5.41) is 4.46. The number of aryl methyl sites for hydroxylation is 1. The van der Waals surface area contributed by atoms with E-state index in [4.69, 9.17) is 0 Å². The van der Waals surface area contributed by atoms with Gasteiger partial charge < -0.3 is 4.40 Å². The van der Waals surface area contributed by atoms with Crippen LogP contribution in [0.5, 0.6) is 0 Å². The molecular weight excluding hydrogens is 300 g/mol. The Bertz CT molecular complexity index is 1010. The quantitative estimate of drug-likeness (QED) is 0.543. The van der Waals surface area contributed by atoms with E-state index in [9.17, 15) is 4.79 Å². The summed E-state index contributed by atoms with van der Waals surface area (Å²) in [6.45, 7) is 0. The van der Waals surface area contributed by atoms with Crippen LogP contribution >= 0.6 is 0 Å². The maximum atomic E-state index is 12.8. The van der Waals surface area contributed by atoms with Crippen molar-refractivity contribution in [2.24, 2.45) is 7.05 Å². The van der Waals surface area contributed by atoms with Crippen LogP contribution in [0.4, 0.5) is 0 Å². The monoisotopic (exact) mass is 316 g/mol. The van der Waals surface area contributed by atoms with Crippen molar-refractivity contribution in [3.8, 4) is 11.4 Å². The van der Waals surface area contributed by atoms with E-state index in [1.54, 1.807) is 10.9 Å². The van der Waals surface area contributed by atoms with Gasteiger partial charge in [0.2, 0.25) is 0 Å². The Morgan fingerprint density at radius 2 is 1.96 bits per heavy atom. The molecule has 0 aliphatic carbocycles. The molecule has 0 amide bonds. The first kappa shape index (κ1) is 14.4. The van der Waals surface area contributed by atoms with Gasteiger partial charge >= 0.3 is 0 Å². The molecule has 0 aromatic carbocycles. The lowest BCUT2D eigenvalue weighted by Crippen LogP contribution is -2.04. The molecule has 4 aromatic heterocycles. The van der Waals surface area contributed by atoms with E-state index < -0.39 is 0 Å². The number of nitrogens with zero attached hydrogens (tertiary/aromatic N) is 4. The Hall–Kier alpha value is -3.21. The second-order valence-corrected chi connectivity index (χ2v) is 5.69. The van der Waals surface area contributed by atoms with Gasteiger partial charge in [0.1, 0.15) is 5.69 Å². The highest BCUT2D eigenvalue weighted by Gasteiger charge is 2.17. The summed E-state index contributed by atoms with van der Waals surface area (Å²) in [5.41, 5.74) is 4.12. The highest BCUT2D eigenvalue weighted by molar-refractivity contribution is 6.05. The molecule has 0 atom stereocenters. The van der Waals surface area contributed by atoms with Gasteiger partial charge in [-0.2, -0.15) is 5.10 Å². The van der Waals surface area contributed by atoms with E-state index in [2.05, 4.69) is 10.1 Å². The number of fused-ring (bicyclic) bond motifs is 1. The van der Waals surface area contributed by atoms with Crippen LogP contribution in [0.15, 0.2) is 67.1 Å². The van der Waals surface area contributed by atoms with Crippen LogP contribution in [-0.4, -0.2) is 24.9 Å². The number of hydrogen-bond acceptors (Lipinski definition) is 3. The van der Waals surface area contributed by atoms with Crippen molar-refractivity contribution in [1.29, 1.82) is 0 Å². The Morgan fingerprint density at radius 1 is 1.08 bits per heavy atom. The van der Waals surface area contributed by atoms with Gasteiger partial charge in [-0.05, 0) is 36.4 Å². The number of rotatable bonds is 4. The second kappa shape index (κ2) is 5.77. The third-order valence-electron chi connectivity index (χ3n) is 4.02. The first-order valence-corrected chi connectivity index (χ1v) is 7.75. The topological polar surface area (TPSA) is 52.2 Å². The number of hydrogen-bond donors (Lipinski definition) is 0. The molecule has 4 heterocycles. The van der Waals surface area contributed by atoms with Gasteiger partial charge in [-0.1, -0.05) is 12.1 Å². The molecule has 24 heavy (non-hydrogen) atoms. The Morgan fingerprint density at radius 3 is 2.71 bits per heavy atom. The van der Waals surface area contributed by atoms with Gasteiger partial charge in [0.15, 0.2) is 5.78 Å². The fourth-order valence-electron chi connectivity index (χ4n) is 2.89.